The van der Waals surface area contributed by atoms with Crippen molar-refractivity contribution in [1.82, 2.24) is 5.32 Å². The number of halogens is 1. The molecule has 0 aromatic heterocycles. The summed E-state index contributed by atoms with van der Waals surface area (Å²) in [5, 5.41) is 4.11. The van der Waals surface area contributed by atoms with E-state index in [0.717, 1.165) is 10.9 Å². The lowest BCUT2D eigenvalue weighted by Crippen LogP contribution is -2.32. The highest BCUT2D eigenvalue weighted by atomic mass is 19.1. The molecule has 0 spiro atoms. The number of nitrogens with one attached hydrogen (secondary N) is 1. The van der Waals surface area contributed by atoms with Crippen molar-refractivity contribution in [2.24, 2.45) is 0 Å². The number of carbonyl (C=O) groups excluding carboxylic acids is 1. The van der Waals surface area contributed by atoms with E-state index in [2.05, 4.69) is 11.2 Å². The molecule has 2 aromatic carbocycles. The Morgan fingerprint density at radius 1 is 1.26 bits per heavy atom. The molecule has 2 rings (SSSR count). The van der Waals surface area contributed by atoms with Crippen LogP contribution in [0.4, 0.5) is 9.18 Å². The molecule has 0 heterocycles. The molecule has 1 N–H and O–H groups in total. The van der Waals surface area contributed by atoms with Gasteiger partial charge in [0.25, 0.3) is 0 Å². The Balaban J connectivity index is 2.58. The van der Waals surface area contributed by atoms with Gasteiger partial charge in [-0.3, -0.25) is 0 Å². The van der Waals surface area contributed by atoms with Crippen LogP contribution in [0.2, 0.25) is 0 Å². The Hall–Kier alpha value is -2.54. The first-order valence-corrected chi connectivity index (χ1v) is 7.54. The van der Waals surface area contributed by atoms with E-state index in [4.69, 9.17) is 11.2 Å². The normalized spacial score (nSPS) is 10.9. The van der Waals surface area contributed by atoms with Crippen LogP contribution >= 0.6 is 0 Å². The Bertz CT molecular complexity index is 788. The summed E-state index contributed by atoms with van der Waals surface area (Å²) >= 11 is 0. The smallest absolute Gasteiger partial charge is 0.410 e. The van der Waals surface area contributed by atoms with Crippen LogP contribution in [0.15, 0.2) is 24.3 Å². The number of fused-ring (bicyclic) bond motifs is 1. The molecular formula is C19H20FNO2. The van der Waals surface area contributed by atoms with Gasteiger partial charge in [0, 0.05) is 11.4 Å². The zero-order valence-electron chi connectivity index (χ0n) is 13.7. The highest BCUT2D eigenvalue weighted by molar-refractivity contribution is 5.93. The third-order valence-electron chi connectivity index (χ3n) is 3.45. The second kappa shape index (κ2) is 6.70. The topological polar surface area (TPSA) is 38.3 Å². The Morgan fingerprint density at radius 3 is 2.52 bits per heavy atom. The third-order valence-corrected chi connectivity index (χ3v) is 3.45. The van der Waals surface area contributed by atoms with Gasteiger partial charge in [-0.1, -0.05) is 25.8 Å². The molecule has 0 atom stereocenters. The minimum atomic E-state index is -0.520. The monoisotopic (exact) mass is 313 g/mol. The van der Waals surface area contributed by atoms with Gasteiger partial charge in [-0.2, -0.15) is 0 Å². The van der Waals surface area contributed by atoms with Crippen molar-refractivity contribution < 1.29 is 13.9 Å². The van der Waals surface area contributed by atoms with Crippen LogP contribution in [0.1, 0.15) is 44.7 Å². The van der Waals surface area contributed by atoms with Crippen LogP contribution in [0.5, 0.6) is 5.75 Å². The standard InChI is InChI=1S/C19H20FNO2/c1-6-15-17(20)8-7-13-9-14(23-19(22)21-12(4)5)10-16(11(2)3)18(13)15/h1,7-12H,2-5H3,(H,21,22). The van der Waals surface area contributed by atoms with Gasteiger partial charge in [0.2, 0.25) is 0 Å². The summed E-state index contributed by atoms with van der Waals surface area (Å²) in [4.78, 5) is 11.8. The second-order valence-corrected chi connectivity index (χ2v) is 6.02. The number of carbonyl (C=O) groups is 1. The molecule has 23 heavy (non-hydrogen) atoms. The number of rotatable bonds is 3. The highest BCUT2D eigenvalue weighted by Crippen LogP contribution is 2.33. The third kappa shape index (κ3) is 3.62. The summed E-state index contributed by atoms with van der Waals surface area (Å²) in [6, 6.07) is 6.40. The maximum Gasteiger partial charge on any atom is 0.412 e. The van der Waals surface area contributed by atoms with Crippen molar-refractivity contribution in [2.45, 2.75) is 39.7 Å². The van der Waals surface area contributed by atoms with E-state index in [1.807, 2.05) is 27.7 Å². The molecule has 120 valence electrons. The minimum absolute atomic E-state index is 0.0188. The molecule has 4 heteroatoms. The molecule has 0 saturated heterocycles. The maximum atomic E-state index is 14.0. The summed E-state index contributed by atoms with van der Waals surface area (Å²) in [5.41, 5.74) is 1.09. The molecule has 3 nitrogen and oxygen atoms in total. The van der Waals surface area contributed by atoms with Gasteiger partial charge < -0.3 is 10.1 Å². The first-order valence-electron chi connectivity index (χ1n) is 7.54. The maximum absolute atomic E-state index is 14.0. The number of hydrogen-bond acceptors (Lipinski definition) is 2. The van der Waals surface area contributed by atoms with Gasteiger partial charge in [0.05, 0.1) is 5.56 Å². The molecule has 1 amide bonds. The zero-order chi connectivity index (χ0) is 17.1. The van der Waals surface area contributed by atoms with E-state index in [-0.39, 0.29) is 17.5 Å². The molecule has 0 unspecified atom stereocenters. The summed E-state index contributed by atoms with van der Waals surface area (Å²) in [7, 11) is 0. The summed E-state index contributed by atoms with van der Waals surface area (Å²) in [6.45, 7) is 7.67. The number of ether oxygens (including phenoxy) is 1. The van der Waals surface area contributed by atoms with Crippen LogP contribution in [0.3, 0.4) is 0 Å². The molecular weight excluding hydrogens is 293 g/mol. The van der Waals surface area contributed by atoms with E-state index in [1.54, 1.807) is 18.2 Å². The van der Waals surface area contributed by atoms with Crippen LogP contribution in [0.25, 0.3) is 10.8 Å². The molecule has 0 saturated carbocycles. The van der Waals surface area contributed by atoms with Crippen LogP contribution < -0.4 is 10.1 Å². The van der Waals surface area contributed by atoms with E-state index < -0.39 is 11.9 Å². The van der Waals surface area contributed by atoms with E-state index in [1.165, 1.54) is 6.07 Å². The molecule has 0 bridgehead atoms. The van der Waals surface area contributed by atoms with Crippen LogP contribution in [0, 0.1) is 18.2 Å². The van der Waals surface area contributed by atoms with Crippen molar-refractivity contribution in [3.05, 3.63) is 41.2 Å². The minimum Gasteiger partial charge on any atom is -0.410 e. The quantitative estimate of drug-likeness (QED) is 0.842. The summed E-state index contributed by atoms with van der Waals surface area (Å²) in [5.74, 6) is 2.51. The predicted octanol–water partition coefficient (Wildman–Crippen LogP) is 4.58. The fourth-order valence-electron chi connectivity index (χ4n) is 2.47. The average Bonchev–Trinajstić information content (AvgIpc) is 2.45. The Labute approximate surface area is 135 Å². The SMILES string of the molecule is C#Cc1c(F)ccc2cc(OC(=O)NC(C)C)cc(C(C)C)c12. The number of terminal acetylenes is 1. The fourth-order valence-corrected chi connectivity index (χ4v) is 2.47. The highest BCUT2D eigenvalue weighted by Gasteiger charge is 2.16. The van der Waals surface area contributed by atoms with Gasteiger partial charge in [0.15, 0.2) is 0 Å². The fraction of sp³-hybridized carbons (Fsp3) is 0.316. The summed E-state index contributed by atoms with van der Waals surface area (Å²) < 4.78 is 19.3. The molecule has 0 fully saturated rings. The van der Waals surface area contributed by atoms with Crippen molar-refractivity contribution >= 4 is 16.9 Å². The van der Waals surface area contributed by atoms with E-state index in [0.29, 0.717) is 11.1 Å². The lowest BCUT2D eigenvalue weighted by Gasteiger charge is -2.16. The molecule has 2 aromatic rings. The largest absolute Gasteiger partial charge is 0.412 e. The average molecular weight is 313 g/mol. The summed E-state index contributed by atoms with van der Waals surface area (Å²) in [6.07, 6.45) is 4.95. The number of hydrogen-bond donors (Lipinski definition) is 1. The van der Waals surface area contributed by atoms with Crippen molar-refractivity contribution in [1.29, 1.82) is 0 Å². The molecule has 0 aliphatic rings. The lowest BCUT2D eigenvalue weighted by atomic mass is 9.92. The Morgan fingerprint density at radius 2 is 1.96 bits per heavy atom. The van der Waals surface area contributed by atoms with Gasteiger partial charge in [-0.25, -0.2) is 9.18 Å². The molecule has 0 radical (unpaired) electrons. The van der Waals surface area contributed by atoms with Crippen LogP contribution in [-0.2, 0) is 0 Å². The van der Waals surface area contributed by atoms with Crippen LogP contribution in [-0.4, -0.2) is 12.1 Å². The van der Waals surface area contributed by atoms with E-state index in [9.17, 15) is 9.18 Å². The first-order chi connectivity index (χ1) is 10.8. The van der Waals surface area contributed by atoms with Crippen molar-refractivity contribution in [2.75, 3.05) is 0 Å². The molecule has 0 aliphatic carbocycles. The van der Waals surface area contributed by atoms with Gasteiger partial charge in [0.1, 0.15) is 11.6 Å². The van der Waals surface area contributed by atoms with Gasteiger partial charge in [-0.15, -0.1) is 6.42 Å². The van der Waals surface area contributed by atoms with E-state index >= 15 is 0 Å². The predicted molar refractivity (Wildman–Crippen MR) is 90.2 cm³/mol. The second-order valence-electron chi connectivity index (χ2n) is 6.02. The molecule has 0 aliphatic heterocycles. The lowest BCUT2D eigenvalue weighted by molar-refractivity contribution is 0.198. The zero-order valence-corrected chi connectivity index (χ0v) is 13.7. The first kappa shape index (κ1) is 16.8. The van der Waals surface area contributed by atoms with Crippen molar-refractivity contribution in [3.63, 3.8) is 0 Å². The Kier molecular flexibility index (Phi) is 4.90. The van der Waals surface area contributed by atoms with Gasteiger partial charge in [-0.05, 0) is 48.9 Å². The number of amides is 1. The van der Waals surface area contributed by atoms with Gasteiger partial charge >= 0.3 is 6.09 Å². The number of benzene rings is 2. The van der Waals surface area contributed by atoms with Crippen molar-refractivity contribution in [3.8, 4) is 18.1 Å².